The molecule has 33 heavy (non-hydrogen) atoms. The summed E-state index contributed by atoms with van der Waals surface area (Å²) in [4.78, 5) is 38.0. The second-order valence-electron chi connectivity index (χ2n) is 8.73. The highest BCUT2D eigenvalue weighted by atomic mass is 32.2. The third kappa shape index (κ3) is 7.40. The van der Waals surface area contributed by atoms with E-state index in [2.05, 4.69) is 10.0 Å². The van der Waals surface area contributed by atoms with Crippen LogP contribution in [0.1, 0.15) is 47.1 Å². The minimum atomic E-state index is -3.84. The molecular formula is C23H29N3O6S. The van der Waals surface area contributed by atoms with Crippen molar-refractivity contribution in [3.63, 3.8) is 0 Å². The van der Waals surface area contributed by atoms with Crippen molar-refractivity contribution >= 4 is 33.5 Å². The van der Waals surface area contributed by atoms with Gasteiger partial charge in [-0.15, -0.1) is 0 Å². The number of carbonyl (C=O) groups is 3. The average Bonchev–Trinajstić information content (AvgIpc) is 2.70. The standard InChI is InChI=1S/C23H29N3O6S/c1-15-7-12-18(33(30,31)25-23(2,3)4)13-19(15)22(29)32-14-20(27)24-17-10-8-16(9-11-17)21(28)26(5)6/h7-13,25H,14H2,1-6H3,(H,24,27). The van der Waals surface area contributed by atoms with Gasteiger partial charge in [0.15, 0.2) is 6.61 Å². The molecule has 9 nitrogen and oxygen atoms in total. The van der Waals surface area contributed by atoms with E-state index in [1.54, 1.807) is 66.1 Å². The first-order valence-corrected chi connectivity index (χ1v) is 11.6. The van der Waals surface area contributed by atoms with Gasteiger partial charge in [-0.3, -0.25) is 9.59 Å². The van der Waals surface area contributed by atoms with Crippen molar-refractivity contribution in [2.24, 2.45) is 0 Å². The zero-order valence-corrected chi connectivity index (χ0v) is 20.4. The quantitative estimate of drug-likeness (QED) is 0.594. The molecule has 2 aromatic carbocycles. The van der Waals surface area contributed by atoms with Crippen LogP contribution in [0.25, 0.3) is 0 Å². The largest absolute Gasteiger partial charge is 0.452 e. The van der Waals surface area contributed by atoms with Crippen molar-refractivity contribution in [3.05, 3.63) is 59.2 Å². The van der Waals surface area contributed by atoms with Gasteiger partial charge >= 0.3 is 5.97 Å². The Balaban J connectivity index is 2.04. The third-order valence-corrected chi connectivity index (χ3v) is 6.09. The first-order valence-electron chi connectivity index (χ1n) is 10.1. The van der Waals surface area contributed by atoms with Crippen LogP contribution in [-0.2, 0) is 19.6 Å². The first-order chi connectivity index (χ1) is 15.2. The fourth-order valence-corrected chi connectivity index (χ4v) is 4.25. The highest BCUT2D eigenvalue weighted by Crippen LogP contribution is 2.19. The zero-order valence-electron chi connectivity index (χ0n) is 19.6. The number of esters is 1. The average molecular weight is 476 g/mol. The number of aryl methyl sites for hydroxylation is 1. The molecule has 0 unspecified atom stereocenters. The molecule has 0 radical (unpaired) electrons. The lowest BCUT2D eigenvalue weighted by molar-refractivity contribution is -0.119. The van der Waals surface area contributed by atoms with Crippen LogP contribution in [0.15, 0.2) is 47.4 Å². The fraction of sp³-hybridized carbons (Fsp3) is 0.348. The van der Waals surface area contributed by atoms with Gasteiger partial charge in [0.05, 0.1) is 10.5 Å². The Morgan fingerprint density at radius 2 is 1.61 bits per heavy atom. The molecule has 2 amide bonds. The summed E-state index contributed by atoms with van der Waals surface area (Å²) in [5.74, 6) is -1.56. The minimum absolute atomic E-state index is 0.0473. The van der Waals surface area contributed by atoms with E-state index >= 15 is 0 Å². The Labute approximate surface area is 194 Å². The molecule has 2 N–H and O–H groups in total. The molecule has 2 aromatic rings. The van der Waals surface area contributed by atoms with Gasteiger partial charge in [-0.05, 0) is 69.7 Å². The minimum Gasteiger partial charge on any atom is -0.452 e. The first kappa shape index (κ1) is 26.0. The summed E-state index contributed by atoms with van der Waals surface area (Å²) in [6.45, 7) is 6.20. The van der Waals surface area contributed by atoms with Crippen molar-refractivity contribution in [2.75, 3.05) is 26.0 Å². The van der Waals surface area contributed by atoms with Gasteiger partial charge in [0.1, 0.15) is 0 Å². The molecule has 0 aliphatic rings. The van der Waals surface area contributed by atoms with Crippen molar-refractivity contribution in [1.82, 2.24) is 9.62 Å². The summed E-state index contributed by atoms with van der Waals surface area (Å²) < 4.78 is 32.7. The van der Waals surface area contributed by atoms with Crippen LogP contribution in [0.2, 0.25) is 0 Å². The number of anilines is 1. The van der Waals surface area contributed by atoms with Crippen LogP contribution in [0.5, 0.6) is 0 Å². The topological polar surface area (TPSA) is 122 Å². The molecule has 0 heterocycles. The van der Waals surface area contributed by atoms with Gasteiger partial charge in [-0.1, -0.05) is 6.07 Å². The van der Waals surface area contributed by atoms with Crippen LogP contribution < -0.4 is 10.0 Å². The maximum absolute atomic E-state index is 12.6. The van der Waals surface area contributed by atoms with Gasteiger partial charge in [0.25, 0.3) is 11.8 Å². The van der Waals surface area contributed by atoms with Crippen LogP contribution in [-0.4, -0.2) is 57.3 Å². The molecule has 10 heteroatoms. The van der Waals surface area contributed by atoms with E-state index in [-0.39, 0.29) is 16.4 Å². The summed E-state index contributed by atoms with van der Waals surface area (Å²) in [5, 5.41) is 2.57. The monoisotopic (exact) mass is 475 g/mol. The maximum atomic E-state index is 12.6. The molecule has 0 atom stereocenters. The third-order valence-electron chi connectivity index (χ3n) is 4.34. The summed E-state index contributed by atoms with van der Waals surface area (Å²) in [6, 6.07) is 10.4. The van der Waals surface area contributed by atoms with Crippen molar-refractivity contribution in [1.29, 1.82) is 0 Å². The number of hydrogen-bond acceptors (Lipinski definition) is 6. The smallest absolute Gasteiger partial charge is 0.338 e. The predicted octanol–water partition coefficient (Wildman–Crippen LogP) is 2.57. The number of sulfonamides is 1. The van der Waals surface area contributed by atoms with Crippen LogP contribution in [0.4, 0.5) is 5.69 Å². The normalized spacial score (nSPS) is 11.6. The Hall–Kier alpha value is -3.24. The lowest BCUT2D eigenvalue weighted by Crippen LogP contribution is -2.40. The van der Waals surface area contributed by atoms with Crippen molar-refractivity contribution in [2.45, 2.75) is 38.1 Å². The van der Waals surface area contributed by atoms with E-state index in [1.165, 1.54) is 23.1 Å². The van der Waals surface area contributed by atoms with E-state index in [0.29, 0.717) is 16.8 Å². The van der Waals surface area contributed by atoms with Crippen molar-refractivity contribution < 1.29 is 27.5 Å². The lowest BCUT2D eigenvalue weighted by atomic mass is 10.1. The van der Waals surface area contributed by atoms with Gasteiger partial charge < -0.3 is 15.0 Å². The molecular weight excluding hydrogens is 446 g/mol. The number of nitrogens with zero attached hydrogens (tertiary/aromatic N) is 1. The molecule has 0 saturated carbocycles. The number of hydrogen-bond donors (Lipinski definition) is 2. The SMILES string of the molecule is Cc1ccc(S(=O)(=O)NC(C)(C)C)cc1C(=O)OCC(=O)Nc1ccc(C(=O)N(C)C)cc1. The van der Waals surface area contributed by atoms with Crippen LogP contribution in [0, 0.1) is 6.92 Å². The zero-order chi connectivity index (χ0) is 25.0. The molecule has 2 rings (SSSR count). The molecule has 0 fully saturated rings. The Kier molecular flexibility index (Phi) is 7.99. The Morgan fingerprint density at radius 1 is 1.00 bits per heavy atom. The lowest BCUT2D eigenvalue weighted by Gasteiger charge is -2.20. The number of amides is 2. The Bertz CT molecular complexity index is 1150. The van der Waals surface area contributed by atoms with E-state index in [4.69, 9.17) is 4.74 Å². The van der Waals surface area contributed by atoms with E-state index in [1.807, 2.05) is 0 Å². The number of nitrogens with one attached hydrogen (secondary N) is 2. The van der Waals surface area contributed by atoms with Gasteiger partial charge in [0, 0.05) is 30.9 Å². The summed E-state index contributed by atoms with van der Waals surface area (Å²) >= 11 is 0. The number of carbonyl (C=O) groups excluding carboxylic acids is 3. The molecule has 0 bridgehead atoms. The van der Waals surface area contributed by atoms with Gasteiger partial charge in [-0.25, -0.2) is 17.9 Å². The second kappa shape index (κ2) is 10.1. The maximum Gasteiger partial charge on any atom is 0.338 e. The molecule has 0 aromatic heterocycles. The highest BCUT2D eigenvalue weighted by molar-refractivity contribution is 7.89. The predicted molar refractivity (Wildman–Crippen MR) is 125 cm³/mol. The number of rotatable bonds is 7. The highest BCUT2D eigenvalue weighted by Gasteiger charge is 2.24. The van der Waals surface area contributed by atoms with Crippen LogP contribution >= 0.6 is 0 Å². The molecule has 0 aliphatic heterocycles. The van der Waals surface area contributed by atoms with E-state index < -0.39 is 34.0 Å². The number of benzene rings is 2. The molecule has 178 valence electrons. The molecule has 0 spiro atoms. The van der Waals surface area contributed by atoms with E-state index in [9.17, 15) is 22.8 Å². The Morgan fingerprint density at radius 3 is 2.15 bits per heavy atom. The van der Waals surface area contributed by atoms with Gasteiger partial charge in [-0.2, -0.15) is 0 Å². The molecule has 0 aliphatic carbocycles. The van der Waals surface area contributed by atoms with Gasteiger partial charge in [0.2, 0.25) is 10.0 Å². The van der Waals surface area contributed by atoms with E-state index in [0.717, 1.165) is 0 Å². The molecule has 0 saturated heterocycles. The summed E-state index contributed by atoms with van der Waals surface area (Å²) in [5.41, 5.74) is 0.766. The van der Waals surface area contributed by atoms with Crippen molar-refractivity contribution in [3.8, 4) is 0 Å². The van der Waals surface area contributed by atoms with Crippen LogP contribution in [0.3, 0.4) is 0 Å². The number of ether oxygens (including phenoxy) is 1. The summed E-state index contributed by atoms with van der Waals surface area (Å²) in [6.07, 6.45) is 0. The summed E-state index contributed by atoms with van der Waals surface area (Å²) in [7, 11) is -0.564. The fourth-order valence-electron chi connectivity index (χ4n) is 2.81. The second-order valence-corrected chi connectivity index (χ2v) is 10.4.